The number of hydrogen-bond donors (Lipinski definition) is 0. The molecule has 0 amide bonds. The van der Waals surface area contributed by atoms with Crippen LogP contribution in [0.1, 0.15) is 30.4 Å². The molecule has 1 aliphatic carbocycles. The second-order valence-corrected chi connectivity index (χ2v) is 5.21. The molecule has 0 aromatic carbocycles. The Morgan fingerprint density at radius 3 is 2.62 bits per heavy atom. The van der Waals surface area contributed by atoms with Crippen LogP contribution in [0, 0.1) is 18.3 Å². The Morgan fingerprint density at radius 2 is 2.14 bits per heavy atom. The molecule has 7 heteroatoms. The summed E-state index contributed by atoms with van der Waals surface area (Å²) in [6.07, 6.45) is -1.54. The van der Waals surface area contributed by atoms with Gasteiger partial charge in [0.1, 0.15) is 0 Å². The number of hydrogen-bond acceptors (Lipinski definition) is 3. The quantitative estimate of drug-likeness (QED) is 0.859. The number of aromatic nitrogens is 1. The van der Waals surface area contributed by atoms with Crippen molar-refractivity contribution in [2.45, 2.75) is 44.5 Å². The van der Waals surface area contributed by atoms with E-state index in [1.807, 2.05) is 0 Å². The van der Waals surface area contributed by atoms with Crippen molar-refractivity contribution in [3.8, 4) is 6.07 Å². The van der Waals surface area contributed by atoms with Gasteiger partial charge in [0.2, 0.25) is 0 Å². The van der Waals surface area contributed by atoms with Crippen LogP contribution in [0.25, 0.3) is 0 Å². The predicted octanol–water partition coefficient (Wildman–Crippen LogP) is 2.64. The molecule has 0 unspecified atom stereocenters. The van der Waals surface area contributed by atoms with Crippen molar-refractivity contribution in [1.29, 1.82) is 5.26 Å². The van der Waals surface area contributed by atoms with E-state index in [9.17, 15) is 18.0 Å². The molecule has 0 aliphatic heterocycles. The molecule has 1 saturated carbocycles. The molecular weight excluding hydrogens is 285 g/mol. The van der Waals surface area contributed by atoms with E-state index in [1.165, 1.54) is 6.92 Å². The number of ether oxygens (including phenoxy) is 1. The third kappa shape index (κ3) is 3.27. The first kappa shape index (κ1) is 15.6. The summed E-state index contributed by atoms with van der Waals surface area (Å²) in [6, 6.07) is 3.04. The normalized spacial score (nSPS) is 17.1. The van der Waals surface area contributed by atoms with Crippen LogP contribution in [0.4, 0.5) is 13.2 Å². The first-order valence-corrected chi connectivity index (χ1v) is 6.61. The van der Waals surface area contributed by atoms with Crippen molar-refractivity contribution in [2.75, 3.05) is 6.61 Å². The number of nitriles is 1. The third-order valence-electron chi connectivity index (χ3n) is 3.71. The highest BCUT2D eigenvalue weighted by atomic mass is 19.4. The Morgan fingerprint density at radius 1 is 1.48 bits per heavy atom. The predicted molar refractivity (Wildman–Crippen MR) is 68.6 cm³/mol. The molecule has 0 atom stereocenters. The second-order valence-electron chi connectivity index (χ2n) is 5.21. The lowest BCUT2D eigenvalue weighted by molar-refractivity contribution is -0.138. The number of pyridine rings is 1. The van der Waals surface area contributed by atoms with E-state index in [1.54, 1.807) is 0 Å². The average molecular weight is 300 g/mol. The summed E-state index contributed by atoms with van der Waals surface area (Å²) in [4.78, 5) is 11.7. The smallest absolute Gasteiger partial charge is 0.358 e. The van der Waals surface area contributed by atoms with Gasteiger partial charge in [0.25, 0.3) is 5.56 Å². The van der Waals surface area contributed by atoms with Crippen LogP contribution in [0.15, 0.2) is 17.1 Å². The average Bonchev–Trinajstić information content (AvgIpc) is 2.33. The summed E-state index contributed by atoms with van der Waals surface area (Å²) in [5.41, 5.74) is -2.26. The molecule has 114 valence electrons. The molecule has 0 bridgehead atoms. The van der Waals surface area contributed by atoms with Crippen molar-refractivity contribution in [3.05, 3.63) is 33.7 Å². The topological polar surface area (TPSA) is 55.0 Å². The molecule has 1 aromatic heterocycles. The monoisotopic (exact) mass is 300 g/mol. The molecule has 2 rings (SSSR count). The minimum Gasteiger partial charge on any atom is -0.358 e. The summed E-state index contributed by atoms with van der Waals surface area (Å²) >= 11 is 0. The van der Waals surface area contributed by atoms with Crippen LogP contribution in [0.5, 0.6) is 0 Å². The third-order valence-corrected chi connectivity index (χ3v) is 3.71. The highest BCUT2D eigenvalue weighted by Gasteiger charge is 2.38. The van der Waals surface area contributed by atoms with Gasteiger partial charge in [0.15, 0.2) is 5.60 Å². The molecule has 0 spiro atoms. The maximum atomic E-state index is 12.8. The zero-order valence-corrected chi connectivity index (χ0v) is 11.5. The largest absolute Gasteiger partial charge is 0.418 e. The molecule has 0 saturated heterocycles. The summed E-state index contributed by atoms with van der Waals surface area (Å²) in [6.45, 7) is 1.28. The molecule has 1 aromatic rings. The first-order chi connectivity index (χ1) is 9.77. The maximum Gasteiger partial charge on any atom is 0.418 e. The summed E-state index contributed by atoms with van der Waals surface area (Å²) in [5, 5.41) is 8.98. The van der Waals surface area contributed by atoms with E-state index in [-0.39, 0.29) is 18.7 Å². The zero-order chi connectivity index (χ0) is 15.7. The van der Waals surface area contributed by atoms with Crippen LogP contribution in [-0.2, 0) is 17.5 Å². The van der Waals surface area contributed by atoms with Gasteiger partial charge < -0.3 is 9.30 Å². The van der Waals surface area contributed by atoms with Crippen molar-refractivity contribution < 1.29 is 17.9 Å². The fourth-order valence-corrected chi connectivity index (χ4v) is 2.26. The minimum absolute atomic E-state index is 0.00831. The van der Waals surface area contributed by atoms with Crippen molar-refractivity contribution in [2.24, 2.45) is 0 Å². The van der Waals surface area contributed by atoms with E-state index in [0.717, 1.165) is 23.3 Å². The van der Waals surface area contributed by atoms with Gasteiger partial charge in [-0.2, -0.15) is 18.4 Å². The highest BCUT2D eigenvalue weighted by Crippen LogP contribution is 2.35. The Labute approximate surface area is 119 Å². The van der Waals surface area contributed by atoms with Crippen molar-refractivity contribution >= 4 is 0 Å². The molecule has 1 heterocycles. The van der Waals surface area contributed by atoms with E-state index >= 15 is 0 Å². The molecular formula is C14H15F3N2O2. The van der Waals surface area contributed by atoms with Crippen LogP contribution in [-0.4, -0.2) is 16.8 Å². The van der Waals surface area contributed by atoms with Crippen LogP contribution in [0.2, 0.25) is 0 Å². The number of halogens is 3. The van der Waals surface area contributed by atoms with Gasteiger partial charge in [-0.25, -0.2) is 0 Å². The van der Waals surface area contributed by atoms with Gasteiger partial charge in [0, 0.05) is 18.8 Å². The van der Waals surface area contributed by atoms with E-state index in [4.69, 9.17) is 10.00 Å². The Hall–Kier alpha value is -1.81. The van der Waals surface area contributed by atoms with E-state index in [0.29, 0.717) is 12.8 Å². The summed E-state index contributed by atoms with van der Waals surface area (Å²) in [7, 11) is 0. The lowest BCUT2D eigenvalue weighted by Crippen LogP contribution is -2.39. The van der Waals surface area contributed by atoms with Gasteiger partial charge in [0.05, 0.1) is 18.2 Å². The van der Waals surface area contributed by atoms with E-state index in [2.05, 4.69) is 6.07 Å². The Kier molecular flexibility index (Phi) is 4.10. The van der Waals surface area contributed by atoms with Crippen LogP contribution >= 0.6 is 0 Å². The lowest BCUT2D eigenvalue weighted by Gasteiger charge is -2.34. The second kappa shape index (κ2) is 5.53. The van der Waals surface area contributed by atoms with Gasteiger partial charge >= 0.3 is 6.18 Å². The molecule has 4 nitrogen and oxygen atoms in total. The minimum atomic E-state index is -4.50. The zero-order valence-electron chi connectivity index (χ0n) is 11.5. The fourth-order valence-electron chi connectivity index (χ4n) is 2.26. The van der Waals surface area contributed by atoms with Crippen molar-refractivity contribution in [3.63, 3.8) is 0 Å². The number of aryl methyl sites for hydroxylation is 1. The molecule has 0 N–H and O–H groups in total. The summed E-state index contributed by atoms with van der Waals surface area (Å²) < 4.78 is 44.8. The van der Waals surface area contributed by atoms with Crippen LogP contribution in [0.3, 0.4) is 0 Å². The molecule has 0 radical (unpaired) electrons. The highest BCUT2D eigenvalue weighted by molar-refractivity contribution is 5.25. The maximum absolute atomic E-state index is 12.8. The van der Waals surface area contributed by atoms with Gasteiger partial charge in [-0.3, -0.25) is 4.79 Å². The van der Waals surface area contributed by atoms with Gasteiger partial charge in [-0.1, -0.05) is 0 Å². The standard InChI is InChI=1S/C14H15F3N2O2/c1-10-7-12(20)19(8-11(10)14(15,16)17)5-6-21-13(9-18)3-2-4-13/h7-8H,2-6H2,1H3. The first-order valence-electron chi connectivity index (χ1n) is 6.61. The molecule has 1 aliphatic rings. The lowest BCUT2D eigenvalue weighted by atomic mass is 9.81. The molecule has 1 fully saturated rings. The Bertz CT molecular complexity index is 625. The van der Waals surface area contributed by atoms with Crippen LogP contribution < -0.4 is 5.56 Å². The summed E-state index contributed by atoms with van der Waals surface area (Å²) in [5.74, 6) is 0. The number of rotatable bonds is 4. The molecule has 21 heavy (non-hydrogen) atoms. The number of alkyl halides is 3. The Balaban J connectivity index is 2.10. The fraction of sp³-hybridized carbons (Fsp3) is 0.571. The van der Waals surface area contributed by atoms with E-state index < -0.39 is 22.9 Å². The number of nitrogens with zero attached hydrogens (tertiary/aromatic N) is 2. The van der Waals surface area contributed by atoms with Gasteiger partial charge in [-0.05, 0) is 31.7 Å². The van der Waals surface area contributed by atoms with Gasteiger partial charge in [-0.15, -0.1) is 0 Å². The SMILES string of the molecule is Cc1cc(=O)n(CCOC2(C#N)CCC2)cc1C(F)(F)F. The van der Waals surface area contributed by atoms with Crippen molar-refractivity contribution in [1.82, 2.24) is 4.57 Å².